The quantitative estimate of drug-likeness (QED) is 0.661. The van der Waals surface area contributed by atoms with E-state index in [1.165, 1.54) is 6.07 Å². The molecule has 0 aromatic heterocycles. The highest BCUT2D eigenvalue weighted by molar-refractivity contribution is 6.33. The lowest BCUT2D eigenvalue weighted by Crippen LogP contribution is -2.47. The van der Waals surface area contributed by atoms with Crippen molar-refractivity contribution in [3.63, 3.8) is 0 Å². The summed E-state index contributed by atoms with van der Waals surface area (Å²) in [6.45, 7) is 3.45. The van der Waals surface area contributed by atoms with E-state index in [1.807, 2.05) is 4.90 Å². The maximum absolute atomic E-state index is 11.1. The van der Waals surface area contributed by atoms with Crippen molar-refractivity contribution in [3.05, 3.63) is 33.3 Å². The number of para-hydroxylation sites is 1. The minimum atomic E-state index is -0.398. The molecule has 2 rings (SSSR count). The second-order valence-corrected chi connectivity index (χ2v) is 5.15. The molecule has 1 aromatic carbocycles. The first-order valence-electron chi connectivity index (χ1n) is 5.94. The van der Waals surface area contributed by atoms with Gasteiger partial charge >= 0.3 is 0 Å². The Bertz CT molecular complexity index is 467. The van der Waals surface area contributed by atoms with Gasteiger partial charge in [-0.2, -0.15) is 0 Å². The minimum absolute atomic E-state index is 0.0228. The van der Waals surface area contributed by atoms with Crippen LogP contribution in [0.2, 0.25) is 5.02 Å². The molecule has 0 aliphatic carbocycles. The van der Waals surface area contributed by atoms with Gasteiger partial charge in [0.05, 0.1) is 9.95 Å². The summed E-state index contributed by atoms with van der Waals surface area (Å²) in [4.78, 5) is 12.6. The van der Waals surface area contributed by atoms with E-state index in [1.54, 1.807) is 12.1 Å². The molecule has 0 bridgehead atoms. The molecule has 5 nitrogen and oxygen atoms in total. The van der Waals surface area contributed by atoms with Crippen molar-refractivity contribution >= 4 is 23.0 Å². The van der Waals surface area contributed by atoms with E-state index in [0.29, 0.717) is 23.2 Å². The molecule has 18 heavy (non-hydrogen) atoms. The van der Waals surface area contributed by atoms with Crippen LogP contribution in [0, 0.1) is 16.0 Å². The first-order chi connectivity index (χ1) is 8.50. The summed E-state index contributed by atoms with van der Waals surface area (Å²) in [5.41, 5.74) is 6.57. The molecule has 0 spiro atoms. The van der Waals surface area contributed by atoms with Crippen LogP contribution in [0.4, 0.5) is 11.4 Å². The van der Waals surface area contributed by atoms with E-state index < -0.39 is 4.92 Å². The highest BCUT2D eigenvalue weighted by Crippen LogP contribution is 2.37. The van der Waals surface area contributed by atoms with Crippen LogP contribution in [-0.2, 0) is 0 Å². The summed E-state index contributed by atoms with van der Waals surface area (Å²) in [6.07, 6.45) is 0.920. The maximum Gasteiger partial charge on any atom is 0.294 e. The lowest BCUT2D eigenvalue weighted by molar-refractivity contribution is -0.384. The third kappa shape index (κ3) is 2.42. The van der Waals surface area contributed by atoms with Crippen molar-refractivity contribution in [3.8, 4) is 0 Å². The van der Waals surface area contributed by atoms with Crippen LogP contribution in [0.1, 0.15) is 13.3 Å². The monoisotopic (exact) mass is 269 g/mol. The lowest BCUT2D eigenvalue weighted by Gasteiger charge is -2.36. The van der Waals surface area contributed by atoms with Crippen molar-refractivity contribution in [2.24, 2.45) is 11.7 Å². The standard InChI is InChI=1S/C12H16ClN3O2/c1-8-5-6-15(7-10(8)14)12-9(13)3-2-4-11(12)16(17)18/h2-4,8,10H,5-7,14H2,1H3. The molecule has 1 saturated heterocycles. The number of hydrogen-bond donors (Lipinski definition) is 1. The summed E-state index contributed by atoms with van der Waals surface area (Å²) in [5.74, 6) is 0.433. The molecule has 1 heterocycles. The summed E-state index contributed by atoms with van der Waals surface area (Å²) in [6, 6.07) is 4.77. The molecule has 1 aromatic rings. The Morgan fingerprint density at radius 3 is 2.89 bits per heavy atom. The minimum Gasteiger partial charge on any atom is -0.363 e. The fraction of sp³-hybridized carbons (Fsp3) is 0.500. The number of benzene rings is 1. The molecule has 2 N–H and O–H groups in total. The molecule has 0 saturated carbocycles. The first kappa shape index (κ1) is 13.1. The van der Waals surface area contributed by atoms with Crippen LogP contribution in [-0.4, -0.2) is 24.1 Å². The zero-order chi connectivity index (χ0) is 13.3. The number of nitro benzene ring substituents is 1. The molecule has 2 unspecified atom stereocenters. The van der Waals surface area contributed by atoms with Gasteiger partial charge < -0.3 is 10.6 Å². The molecular weight excluding hydrogens is 254 g/mol. The number of anilines is 1. The van der Waals surface area contributed by atoms with E-state index in [4.69, 9.17) is 17.3 Å². The maximum atomic E-state index is 11.1. The molecule has 1 aliphatic rings. The number of nitrogens with two attached hydrogens (primary N) is 1. The number of halogens is 1. The van der Waals surface area contributed by atoms with Crippen LogP contribution in [0.15, 0.2) is 18.2 Å². The topological polar surface area (TPSA) is 72.4 Å². The third-order valence-corrected chi connectivity index (χ3v) is 3.80. The van der Waals surface area contributed by atoms with Gasteiger partial charge in [0.2, 0.25) is 0 Å². The van der Waals surface area contributed by atoms with Crippen molar-refractivity contribution in [2.75, 3.05) is 18.0 Å². The van der Waals surface area contributed by atoms with Gasteiger partial charge in [-0.3, -0.25) is 10.1 Å². The molecule has 98 valence electrons. The van der Waals surface area contributed by atoms with Crippen molar-refractivity contribution in [2.45, 2.75) is 19.4 Å². The van der Waals surface area contributed by atoms with E-state index in [0.717, 1.165) is 13.0 Å². The van der Waals surface area contributed by atoms with E-state index in [9.17, 15) is 10.1 Å². The number of piperidine rings is 1. The Hall–Kier alpha value is -1.33. The van der Waals surface area contributed by atoms with Gasteiger partial charge in [-0.05, 0) is 18.4 Å². The zero-order valence-electron chi connectivity index (χ0n) is 10.2. The average Bonchev–Trinajstić information content (AvgIpc) is 2.32. The summed E-state index contributed by atoms with van der Waals surface area (Å²) in [5, 5.41) is 11.5. The van der Waals surface area contributed by atoms with Gasteiger partial charge in [0, 0.05) is 25.2 Å². The van der Waals surface area contributed by atoms with E-state index in [2.05, 4.69) is 6.92 Å². The molecule has 0 amide bonds. The van der Waals surface area contributed by atoms with Gasteiger partial charge in [-0.25, -0.2) is 0 Å². The normalized spacial score (nSPS) is 24.1. The molecule has 0 radical (unpaired) electrons. The highest BCUT2D eigenvalue weighted by atomic mass is 35.5. The van der Waals surface area contributed by atoms with Crippen LogP contribution < -0.4 is 10.6 Å². The molecule has 6 heteroatoms. The Kier molecular flexibility index (Phi) is 3.73. The van der Waals surface area contributed by atoms with Gasteiger partial charge in [-0.15, -0.1) is 0 Å². The molecule has 2 atom stereocenters. The first-order valence-corrected chi connectivity index (χ1v) is 6.32. The number of rotatable bonds is 2. The summed E-state index contributed by atoms with van der Waals surface area (Å²) < 4.78 is 0. The average molecular weight is 270 g/mol. The number of nitrogens with zero attached hydrogens (tertiary/aromatic N) is 2. The van der Waals surface area contributed by atoms with Gasteiger partial charge in [-0.1, -0.05) is 24.6 Å². The molecule has 1 fully saturated rings. The van der Waals surface area contributed by atoms with Gasteiger partial charge in [0.15, 0.2) is 0 Å². The summed E-state index contributed by atoms with van der Waals surface area (Å²) in [7, 11) is 0. The van der Waals surface area contributed by atoms with Crippen LogP contribution in [0.25, 0.3) is 0 Å². The predicted octanol–water partition coefficient (Wildman–Crippen LogP) is 2.42. The Balaban J connectivity index is 2.36. The van der Waals surface area contributed by atoms with Crippen molar-refractivity contribution in [1.82, 2.24) is 0 Å². The second kappa shape index (κ2) is 5.12. The fourth-order valence-corrected chi connectivity index (χ4v) is 2.56. The molecular formula is C12H16ClN3O2. The SMILES string of the molecule is CC1CCN(c2c(Cl)cccc2[N+](=O)[O-])CC1N. The molecule has 1 aliphatic heterocycles. The predicted molar refractivity (Wildman–Crippen MR) is 72.1 cm³/mol. The van der Waals surface area contributed by atoms with Crippen LogP contribution in [0.5, 0.6) is 0 Å². The van der Waals surface area contributed by atoms with Crippen molar-refractivity contribution < 1.29 is 4.92 Å². The van der Waals surface area contributed by atoms with Gasteiger partial charge in [0.1, 0.15) is 5.69 Å². The Morgan fingerprint density at radius 2 is 2.28 bits per heavy atom. The number of nitro groups is 1. The van der Waals surface area contributed by atoms with E-state index in [-0.39, 0.29) is 11.7 Å². The fourth-order valence-electron chi connectivity index (χ4n) is 2.27. The zero-order valence-corrected chi connectivity index (χ0v) is 10.9. The third-order valence-electron chi connectivity index (χ3n) is 3.49. The Morgan fingerprint density at radius 1 is 1.56 bits per heavy atom. The smallest absolute Gasteiger partial charge is 0.294 e. The van der Waals surface area contributed by atoms with E-state index >= 15 is 0 Å². The van der Waals surface area contributed by atoms with Crippen molar-refractivity contribution in [1.29, 1.82) is 0 Å². The summed E-state index contributed by atoms with van der Waals surface area (Å²) >= 11 is 6.10. The largest absolute Gasteiger partial charge is 0.363 e. The second-order valence-electron chi connectivity index (χ2n) is 4.74. The van der Waals surface area contributed by atoms with Gasteiger partial charge in [0.25, 0.3) is 5.69 Å². The highest BCUT2D eigenvalue weighted by Gasteiger charge is 2.29. The lowest BCUT2D eigenvalue weighted by atomic mass is 9.94. The Labute approximate surface area is 111 Å². The number of hydrogen-bond acceptors (Lipinski definition) is 4. The van der Waals surface area contributed by atoms with Crippen LogP contribution in [0.3, 0.4) is 0 Å². The van der Waals surface area contributed by atoms with Crippen LogP contribution >= 0.6 is 11.6 Å².